The summed E-state index contributed by atoms with van der Waals surface area (Å²) in [6.45, 7) is -0.434. The molecule has 178 valence electrons. The summed E-state index contributed by atoms with van der Waals surface area (Å²) in [6.07, 6.45) is 4.95. The molecule has 1 amide bonds. The van der Waals surface area contributed by atoms with Gasteiger partial charge in [0.15, 0.2) is 6.61 Å². The van der Waals surface area contributed by atoms with Crippen LogP contribution in [0.1, 0.15) is 36.4 Å². The molecule has 1 N–H and O–H groups in total. The van der Waals surface area contributed by atoms with Crippen LogP contribution in [0.25, 0.3) is 0 Å². The fourth-order valence-corrected chi connectivity index (χ4v) is 5.67. The van der Waals surface area contributed by atoms with Gasteiger partial charge in [0.2, 0.25) is 10.0 Å². The molecule has 0 fully saturated rings. The number of amides is 1. The largest absolute Gasteiger partial charge is 0.454 e. The number of aryl methyl sites for hydroxylation is 1. The lowest BCUT2D eigenvalue weighted by atomic mass is 9.87. The van der Waals surface area contributed by atoms with Crippen molar-refractivity contribution in [2.24, 2.45) is 0 Å². The van der Waals surface area contributed by atoms with Crippen molar-refractivity contribution in [3.63, 3.8) is 0 Å². The third kappa shape index (κ3) is 6.59. The van der Waals surface area contributed by atoms with Crippen LogP contribution >= 0.6 is 11.8 Å². The van der Waals surface area contributed by atoms with E-state index < -0.39 is 28.6 Å². The van der Waals surface area contributed by atoms with Crippen LogP contribution in [0.15, 0.2) is 59.5 Å². The Kier molecular flexibility index (Phi) is 8.94. The molecule has 0 saturated heterocycles. The first-order valence-electron chi connectivity index (χ1n) is 10.9. The molecule has 0 heterocycles. The van der Waals surface area contributed by atoms with E-state index in [4.69, 9.17) is 4.74 Å². The maximum atomic E-state index is 12.8. The first-order valence-corrected chi connectivity index (χ1v) is 13.8. The van der Waals surface area contributed by atoms with E-state index in [1.165, 1.54) is 29.5 Å². The number of hydrogen-bond acceptors (Lipinski definition) is 6. The lowest BCUT2D eigenvalue weighted by Gasteiger charge is -2.33. The number of carbonyl (C=O) groups is 2. The Morgan fingerprint density at radius 1 is 1.15 bits per heavy atom. The number of carbonyl (C=O) groups excluding carboxylic acids is 2. The number of rotatable bonds is 10. The van der Waals surface area contributed by atoms with Crippen LogP contribution in [0.3, 0.4) is 0 Å². The molecule has 1 aliphatic carbocycles. The van der Waals surface area contributed by atoms with Gasteiger partial charge >= 0.3 is 5.97 Å². The molecule has 0 bridgehead atoms. The number of esters is 1. The second-order valence-electron chi connectivity index (χ2n) is 7.99. The topological polar surface area (TPSA) is 92.8 Å². The van der Waals surface area contributed by atoms with Gasteiger partial charge in [0.1, 0.15) is 6.04 Å². The fraction of sp³-hybridized carbons (Fsp3) is 0.417. The van der Waals surface area contributed by atoms with Gasteiger partial charge in [-0.15, -0.1) is 0 Å². The quantitative estimate of drug-likeness (QED) is 0.515. The fourth-order valence-electron chi connectivity index (χ4n) is 3.96. The van der Waals surface area contributed by atoms with Gasteiger partial charge in [0.25, 0.3) is 5.91 Å². The number of benzene rings is 2. The molecule has 0 saturated carbocycles. The van der Waals surface area contributed by atoms with Gasteiger partial charge in [-0.3, -0.25) is 9.59 Å². The molecule has 0 radical (unpaired) electrons. The number of sulfonamides is 1. The standard InChI is InChI=1S/C24H30N2O5S2/c1-26(22-14-8-10-18-9-6-7-13-20(18)22)23(27)17-31-24(28)21(15-16-32-2)25-33(29,30)19-11-4-3-5-12-19/h3-7,9,11-13,21-22,25H,8,10,14-17H2,1-2H3. The van der Waals surface area contributed by atoms with Crippen molar-refractivity contribution in [3.05, 3.63) is 65.7 Å². The van der Waals surface area contributed by atoms with Crippen molar-refractivity contribution in [1.29, 1.82) is 0 Å². The second-order valence-corrected chi connectivity index (χ2v) is 10.7. The Bertz CT molecular complexity index is 1060. The Morgan fingerprint density at radius 3 is 2.58 bits per heavy atom. The van der Waals surface area contributed by atoms with E-state index in [1.807, 2.05) is 24.5 Å². The van der Waals surface area contributed by atoms with Gasteiger partial charge in [-0.05, 0) is 61.0 Å². The molecule has 7 nitrogen and oxygen atoms in total. The molecule has 2 aromatic rings. The molecule has 1 aliphatic rings. The third-order valence-corrected chi connectivity index (χ3v) is 7.91. The molecule has 33 heavy (non-hydrogen) atoms. The van der Waals surface area contributed by atoms with E-state index in [0.717, 1.165) is 24.8 Å². The van der Waals surface area contributed by atoms with E-state index in [0.29, 0.717) is 5.75 Å². The van der Waals surface area contributed by atoms with Crippen LogP contribution in [-0.4, -0.2) is 56.9 Å². The molecule has 2 unspecified atom stereocenters. The highest BCUT2D eigenvalue weighted by Gasteiger charge is 2.30. The Hall–Kier alpha value is -2.36. The Labute approximate surface area is 199 Å². The van der Waals surface area contributed by atoms with E-state index in [2.05, 4.69) is 10.8 Å². The minimum atomic E-state index is -3.90. The van der Waals surface area contributed by atoms with Crippen LogP contribution < -0.4 is 4.72 Å². The molecule has 2 atom stereocenters. The maximum Gasteiger partial charge on any atom is 0.324 e. The van der Waals surface area contributed by atoms with Gasteiger partial charge in [0.05, 0.1) is 10.9 Å². The lowest BCUT2D eigenvalue weighted by molar-refractivity contribution is -0.153. The molecular weight excluding hydrogens is 460 g/mol. The SMILES string of the molecule is CSCCC(NS(=O)(=O)c1ccccc1)C(=O)OCC(=O)N(C)C1CCCc2ccccc21. The average Bonchev–Trinajstić information content (AvgIpc) is 2.84. The van der Waals surface area contributed by atoms with Crippen LogP contribution in [0.2, 0.25) is 0 Å². The van der Waals surface area contributed by atoms with E-state index in [9.17, 15) is 18.0 Å². The second kappa shape index (κ2) is 11.7. The molecule has 2 aromatic carbocycles. The third-order valence-electron chi connectivity index (χ3n) is 5.78. The summed E-state index contributed by atoms with van der Waals surface area (Å²) in [5, 5.41) is 0. The Balaban J connectivity index is 1.63. The van der Waals surface area contributed by atoms with E-state index in [1.54, 1.807) is 30.1 Å². The highest BCUT2D eigenvalue weighted by Crippen LogP contribution is 2.33. The minimum Gasteiger partial charge on any atom is -0.454 e. The van der Waals surface area contributed by atoms with Crippen molar-refractivity contribution in [1.82, 2.24) is 9.62 Å². The van der Waals surface area contributed by atoms with Gasteiger partial charge in [0, 0.05) is 7.05 Å². The molecule has 0 spiro atoms. The van der Waals surface area contributed by atoms with Gasteiger partial charge in [-0.25, -0.2) is 8.42 Å². The summed E-state index contributed by atoms with van der Waals surface area (Å²) in [5.41, 5.74) is 2.36. The Morgan fingerprint density at radius 2 is 1.85 bits per heavy atom. The van der Waals surface area contributed by atoms with Crippen molar-refractivity contribution < 1.29 is 22.7 Å². The molecule has 3 rings (SSSR count). The number of ether oxygens (including phenoxy) is 1. The van der Waals surface area contributed by atoms with Crippen molar-refractivity contribution in [2.45, 2.75) is 42.7 Å². The maximum absolute atomic E-state index is 12.8. The van der Waals surface area contributed by atoms with Gasteiger partial charge in [-0.2, -0.15) is 16.5 Å². The summed E-state index contributed by atoms with van der Waals surface area (Å²) < 4.78 is 33.1. The van der Waals surface area contributed by atoms with Crippen molar-refractivity contribution in [2.75, 3.05) is 25.7 Å². The summed E-state index contributed by atoms with van der Waals surface area (Å²) in [4.78, 5) is 27.2. The number of hydrogen-bond donors (Lipinski definition) is 1. The zero-order valence-electron chi connectivity index (χ0n) is 18.9. The number of nitrogens with zero attached hydrogens (tertiary/aromatic N) is 1. The summed E-state index contributed by atoms with van der Waals surface area (Å²) in [7, 11) is -2.18. The highest BCUT2D eigenvalue weighted by atomic mass is 32.2. The smallest absolute Gasteiger partial charge is 0.324 e. The first-order chi connectivity index (χ1) is 15.8. The summed E-state index contributed by atoms with van der Waals surface area (Å²) in [5.74, 6) is -0.516. The molecule has 0 aliphatic heterocycles. The number of thioether (sulfide) groups is 1. The van der Waals surface area contributed by atoms with Crippen molar-refractivity contribution >= 4 is 33.7 Å². The predicted octanol–water partition coefficient (Wildman–Crippen LogP) is 3.17. The normalized spacial score (nSPS) is 16.5. The number of likely N-dealkylation sites (N-methyl/N-ethyl adjacent to an activating group) is 1. The summed E-state index contributed by atoms with van der Waals surface area (Å²) in [6, 6.07) is 14.8. The minimum absolute atomic E-state index is 0.0648. The van der Waals surface area contributed by atoms with Gasteiger partial charge < -0.3 is 9.64 Å². The monoisotopic (exact) mass is 490 g/mol. The van der Waals surface area contributed by atoms with Crippen molar-refractivity contribution in [3.8, 4) is 0 Å². The molecule has 0 aromatic heterocycles. The summed E-state index contributed by atoms with van der Waals surface area (Å²) >= 11 is 1.49. The average molecular weight is 491 g/mol. The first kappa shape index (κ1) is 25.3. The lowest BCUT2D eigenvalue weighted by Crippen LogP contribution is -2.43. The zero-order chi connectivity index (χ0) is 23.8. The molecule has 9 heteroatoms. The van der Waals surface area contributed by atoms with Crippen LogP contribution in [0, 0.1) is 0 Å². The highest BCUT2D eigenvalue weighted by molar-refractivity contribution is 7.98. The number of fused-ring (bicyclic) bond motifs is 1. The van der Waals surface area contributed by atoms with E-state index >= 15 is 0 Å². The molecular formula is C24H30N2O5S2. The number of nitrogens with one attached hydrogen (secondary N) is 1. The van der Waals surface area contributed by atoms with Crippen LogP contribution in [-0.2, 0) is 30.8 Å². The van der Waals surface area contributed by atoms with Gasteiger partial charge in [-0.1, -0.05) is 42.5 Å². The predicted molar refractivity (Wildman–Crippen MR) is 129 cm³/mol. The van der Waals surface area contributed by atoms with Crippen LogP contribution in [0.4, 0.5) is 0 Å². The van der Waals surface area contributed by atoms with Crippen LogP contribution in [0.5, 0.6) is 0 Å². The zero-order valence-corrected chi connectivity index (χ0v) is 20.5. The van der Waals surface area contributed by atoms with E-state index in [-0.39, 0.29) is 23.3 Å².